The van der Waals surface area contributed by atoms with Gasteiger partial charge in [0, 0.05) is 18.0 Å². The SMILES string of the molecule is CCOC(=O)CC(NC(=O)CNCC(=O)c1cccc(N=CNN)c1)c1cccnc1. The number of ketones is 1. The molecule has 1 unspecified atom stereocenters. The van der Waals surface area contributed by atoms with E-state index in [1.165, 1.54) is 6.34 Å². The summed E-state index contributed by atoms with van der Waals surface area (Å²) in [5.41, 5.74) is 4.00. The molecule has 1 atom stereocenters. The van der Waals surface area contributed by atoms with E-state index in [0.29, 0.717) is 16.8 Å². The van der Waals surface area contributed by atoms with Crippen molar-refractivity contribution < 1.29 is 19.1 Å². The number of rotatable bonds is 12. The molecule has 0 bridgehead atoms. The number of hydrogen-bond donors (Lipinski definition) is 4. The van der Waals surface area contributed by atoms with Gasteiger partial charge in [-0.25, -0.2) is 10.8 Å². The van der Waals surface area contributed by atoms with Crippen molar-refractivity contribution in [2.75, 3.05) is 19.7 Å². The van der Waals surface area contributed by atoms with Gasteiger partial charge in [-0.2, -0.15) is 0 Å². The van der Waals surface area contributed by atoms with Crippen LogP contribution in [0.5, 0.6) is 0 Å². The zero-order valence-corrected chi connectivity index (χ0v) is 17.2. The van der Waals surface area contributed by atoms with Gasteiger partial charge in [-0.05, 0) is 30.7 Å². The number of hydrogen-bond acceptors (Lipinski definition) is 8. The first-order valence-corrected chi connectivity index (χ1v) is 9.71. The van der Waals surface area contributed by atoms with E-state index in [9.17, 15) is 14.4 Å². The second-order valence-electron chi connectivity index (χ2n) is 6.42. The van der Waals surface area contributed by atoms with Crippen LogP contribution in [-0.2, 0) is 14.3 Å². The van der Waals surface area contributed by atoms with Gasteiger partial charge in [0.2, 0.25) is 5.91 Å². The number of ether oxygens (including phenoxy) is 1. The Balaban J connectivity index is 1.89. The number of carbonyl (C=O) groups is 3. The van der Waals surface area contributed by atoms with Gasteiger partial charge >= 0.3 is 5.97 Å². The van der Waals surface area contributed by atoms with Crippen LogP contribution in [0.1, 0.15) is 35.3 Å². The molecular weight excluding hydrogens is 400 g/mol. The molecule has 0 fully saturated rings. The third-order valence-corrected chi connectivity index (χ3v) is 4.13. The normalized spacial score (nSPS) is 11.7. The maximum Gasteiger partial charge on any atom is 0.308 e. The number of Topliss-reactive ketones (excluding diaryl/α,β-unsaturated/α-hetero) is 1. The largest absolute Gasteiger partial charge is 0.466 e. The van der Waals surface area contributed by atoms with E-state index in [1.807, 2.05) is 0 Å². The molecule has 2 aromatic rings. The average Bonchev–Trinajstić information content (AvgIpc) is 2.78. The van der Waals surface area contributed by atoms with Crippen LogP contribution in [0.2, 0.25) is 0 Å². The average molecular weight is 426 g/mol. The highest BCUT2D eigenvalue weighted by Crippen LogP contribution is 2.16. The van der Waals surface area contributed by atoms with E-state index in [2.05, 4.69) is 26.0 Å². The van der Waals surface area contributed by atoms with Gasteiger partial charge in [0.15, 0.2) is 5.78 Å². The first kappa shape index (κ1) is 23.6. The number of nitrogens with one attached hydrogen (secondary N) is 3. The molecule has 31 heavy (non-hydrogen) atoms. The van der Waals surface area contributed by atoms with Crippen LogP contribution in [0.3, 0.4) is 0 Å². The minimum Gasteiger partial charge on any atom is -0.466 e. The molecule has 0 saturated heterocycles. The van der Waals surface area contributed by atoms with Crippen LogP contribution in [0.4, 0.5) is 5.69 Å². The van der Waals surface area contributed by atoms with Gasteiger partial charge < -0.3 is 20.8 Å². The maximum absolute atomic E-state index is 12.4. The summed E-state index contributed by atoms with van der Waals surface area (Å²) in [7, 11) is 0. The lowest BCUT2D eigenvalue weighted by Crippen LogP contribution is -2.38. The van der Waals surface area contributed by atoms with Crippen LogP contribution in [0.15, 0.2) is 53.8 Å². The highest BCUT2D eigenvalue weighted by atomic mass is 16.5. The van der Waals surface area contributed by atoms with Crippen LogP contribution in [0, 0.1) is 0 Å². The van der Waals surface area contributed by atoms with E-state index in [-0.39, 0.29) is 37.8 Å². The van der Waals surface area contributed by atoms with Crippen molar-refractivity contribution in [3.8, 4) is 0 Å². The Morgan fingerprint density at radius 3 is 2.77 bits per heavy atom. The summed E-state index contributed by atoms with van der Waals surface area (Å²) in [4.78, 5) is 44.7. The fourth-order valence-corrected chi connectivity index (χ4v) is 2.73. The zero-order valence-electron chi connectivity index (χ0n) is 17.2. The fraction of sp³-hybridized carbons (Fsp3) is 0.286. The lowest BCUT2D eigenvalue weighted by molar-refractivity contribution is -0.143. The third kappa shape index (κ3) is 8.33. The Labute approximate surface area is 180 Å². The monoisotopic (exact) mass is 426 g/mol. The van der Waals surface area contributed by atoms with Crippen molar-refractivity contribution >= 4 is 29.7 Å². The standard InChI is InChI=1S/C21H26N6O4/c1-2-31-21(30)10-18(16-6-4-8-23-11-16)27-20(29)13-24-12-19(28)15-5-3-7-17(9-15)25-14-26-22/h3-9,11,14,18,24H,2,10,12-13,22H2,1H3,(H,25,26)(H,27,29). The Bertz CT molecular complexity index is 904. The molecule has 2 rings (SSSR count). The summed E-state index contributed by atoms with van der Waals surface area (Å²) in [5, 5.41) is 5.59. The van der Waals surface area contributed by atoms with Gasteiger partial charge in [0.1, 0.15) is 6.34 Å². The molecule has 1 aromatic heterocycles. The van der Waals surface area contributed by atoms with Gasteiger partial charge in [-0.15, -0.1) is 0 Å². The molecule has 0 saturated carbocycles. The summed E-state index contributed by atoms with van der Waals surface area (Å²) >= 11 is 0. The van der Waals surface area contributed by atoms with Gasteiger partial charge in [0.25, 0.3) is 0 Å². The molecular formula is C21H26N6O4. The van der Waals surface area contributed by atoms with Crippen LogP contribution in [-0.4, -0.2) is 48.7 Å². The zero-order chi connectivity index (χ0) is 22.5. The second kappa shape index (κ2) is 12.8. The number of nitrogens with two attached hydrogens (primary N) is 1. The fourth-order valence-electron chi connectivity index (χ4n) is 2.73. The molecule has 1 amide bonds. The predicted molar refractivity (Wildman–Crippen MR) is 115 cm³/mol. The van der Waals surface area contributed by atoms with Crippen LogP contribution >= 0.6 is 0 Å². The first-order chi connectivity index (χ1) is 15.0. The van der Waals surface area contributed by atoms with Gasteiger partial charge in [0.05, 0.1) is 37.8 Å². The highest BCUT2D eigenvalue weighted by Gasteiger charge is 2.19. The smallest absolute Gasteiger partial charge is 0.308 e. The van der Waals surface area contributed by atoms with Crippen molar-refractivity contribution in [2.24, 2.45) is 10.8 Å². The second-order valence-corrected chi connectivity index (χ2v) is 6.42. The van der Waals surface area contributed by atoms with E-state index in [1.54, 1.807) is 55.7 Å². The van der Waals surface area contributed by atoms with Crippen molar-refractivity contribution in [1.82, 2.24) is 21.0 Å². The van der Waals surface area contributed by atoms with E-state index >= 15 is 0 Å². The highest BCUT2D eigenvalue weighted by molar-refractivity contribution is 5.98. The van der Waals surface area contributed by atoms with Crippen molar-refractivity contribution in [1.29, 1.82) is 0 Å². The summed E-state index contributed by atoms with van der Waals surface area (Å²) in [6.45, 7) is 1.84. The van der Waals surface area contributed by atoms with E-state index in [4.69, 9.17) is 10.6 Å². The van der Waals surface area contributed by atoms with Gasteiger partial charge in [-0.3, -0.25) is 19.4 Å². The molecule has 1 heterocycles. The Morgan fingerprint density at radius 2 is 2.06 bits per heavy atom. The summed E-state index contributed by atoms with van der Waals surface area (Å²) in [5.74, 6) is 4.16. The summed E-state index contributed by atoms with van der Waals surface area (Å²) in [6, 6.07) is 9.63. The summed E-state index contributed by atoms with van der Waals surface area (Å²) < 4.78 is 4.98. The predicted octanol–water partition coefficient (Wildman–Crippen LogP) is 0.788. The maximum atomic E-state index is 12.4. The Kier molecular flexibility index (Phi) is 9.79. The minimum atomic E-state index is -0.580. The van der Waals surface area contributed by atoms with Crippen molar-refractivity contribution in [3.05, 3.63) is 59.9 Å². The van der Waals surface area contributed by atoms with Gasteiger partial charge in [-0.1, -0.05) is 18.2 Å². The molecule has 10 nitrogen and oxygen atoms in total. The molecule has 0 aliphatic rings. The lowest BCUT2D eigenvalue weighted by atomic mass is 10.1. The number of pyridine rings is 1. The number of aromatic nitrogens is 1. The van der Waals surface area contributed by atoms with Crippen LogP contribution in [0.25, 0.3) is 0 Å². The molecule has 0 spiro atoms. The molecule has 0 aliphatic carbocycles. The molecule has 5 N–H and O–H groups in total. The van der Waals surface area contributed by atoms with Crippen molar-refractivity contribution in [2.45, 2.75) is 19.4 Å². The molecule has 0 radical (unpaired) electrons. The molecule has 164 valence electrons. The van der Waals surface area contributed by atoms with Crippen molar-refractivity contribution in [3.63, 3.8) is 0 Å². The first-order valence-electron chi connectivity index (χ1n) is 9.71. The lowest BCUT2D eigenvalue weighted by Gasteiger charge is -2.18. The van der Waals surface area contributed by atoms with Crippen LogP contribution < -0.4 is 21.9 Å². The number of aliphatic imine (C=N–C) groups is 1. The third-order valence-electron chi connectivity index (χ3n) is 4.13. The molecule has 0 aliphatic heterocycles. The summed E-state index contributed by atoms with van der Waals surface area (Å²) in [6.07, 6.45) is 4.47. The number of hydrazine groups is 1. The number of benzene rings is 1. The van der Waals surface area contributed by atoms with E-state index < -0.39 is 12.0 Å². The molecule has 10 heteroatoms. The van der Waals surface area contributed by atoms with E-state index in [0.717, 1.165) is 0 Å². The number of nitrogens with zero attached hydrogens (tertiary/aromatic N) is 2. The number of amides is 1. The minimum absolute atomic E-state index is 0.0187. The number of esters is 1. The Morgan fingerprint density at radius 1 is 1.23 bits per heavy atom. The Hall–Kier alpha value is -3.63. The molecule has 1 aromatic carbocycles. The quantitative estimate of drug-likeness (QED) is 0.0972. The topological polar surface area (TPSA) is 148 Å². The number of carbonyl (C=O) groups excluding carboxylic acids is 3.